The number of nitrogens with two attached hydrogens (primary N) is 2. The van der Waals surface area contributed by atoms with E-state index in [-0.39, 0.29) is 52.2 Å². The molecule has 0 radical (unpaired) electrons. The van der Waals surface area contributed by atoms with Crippen LogP contribution < -0.4 is 22.2 Å². The van der Waals surface area contributed by atoms with Gasteiger partial charge in [0.15, 0.2) is 5.69 Å². The summed E-state index contributed by atoms with van der Waals surface area (Å²) in [5, 5.41) is 41.0. The second-order valence-corrected chi connectivity index (χ2v) is 6.98. The zero-order chi connectivity index (χ0) is 24.9. The van der Waals surface area contributed by atoms with E-state index in [4.69, 9.17) is 11.5 Å². The number of nitrogens with zero attached hydrogens (tertiary/aromatic N) is 6. The molecule has 0 atom stereocenters. The van der Waals surface area contributed by atoms with Crippen LogP contribution in [0.2, 0.25) is 0 Å². The van der Waals surface area contributed by atoms with Crippen molar-refractivity contribution in [1.82, 2.24) is 30.7 Å². The molecule has 35 heavy (non-hydrogen) atoms. The fourth-order valence-electron chi connectivity index (χ4n) is 3.03. The molecule has 0 spiro atoms. The summed E-state index contributed by atoms with van der Waals surface area (Å²) in [6.07, 6.45) is 1.18. The predicted octanol–water partition coefficient (Wildman–Crippen LogP) is 0.119. The highest BCUT2D eigenvalue weighted by Gasteiger charge is 2.24. The number of primary amides is 1. The molecule has 2 aromatic heterocycles. The summed E-state index contributed by atoms with van der Waals surface area (Å²) in [5.41, 5.74) is 14.4. The third kappa shape index (κ3) is 4.82. The molecule has 0 saturated heterocycles. The minimum Gasteiger partial charge on any atom is -0.508 e. The minimum atomic E-state index is -0.749. The van der Waals surface area contributed by atoms with E-state index in [1.54, 1.807) is 24.3 Å². The number of phenolic OH excluding ortho intramolecular Hbond substituents is 2. The molecule has 0 aliphatic heterocycles. The van der Waals surface area contributed by atoms with Crippen molar-refractivity contribution >= 4 is 29.5 Å². The molecular formula is C20H18N10O5. The average molecular weight is 478 g/mol. The van der Waals surface area contributed by atoms with E-state index in [1.807, 2.05) is 0 Å². The van der Waals surface area contributed by atoms with Crippen molar-refractivity contribution in [3.8, 4) is 17.3 Å². The number of amides is 2. The molecule has 2 heterocycles. The molecule has 178 valence electrons. The molecule has 0 unspecified atom stereocenters. The lowest BCUT2D eigenvalue weighted by Gasteiger charge is -2.11. The van der Waals surface area contributed by atoms with Crippen molar-refractivity contribution in [2.75, 3.05) is 11.1 Å². The first-order chi connectivity index (χ1) is 16.8. The number of rotatable bonds is 8. The largest absolute Gasteiger partial charge is 0.508 e. The number of benzene rings is 2. The van der Waals surface area contributed by atoms with Gasteiger partial charge >= 0.3 is 0 Å². The van der Waals surface area contributed by atoms with Gasteiger partial charge in [0.2, 0.25) is 11.6 Å². The van der Waals surface area contributed by atoms with Crippen LogP contribution in [0.4, 0.5) is 11.5 Å². The maximum Gasteiger partial charge on any atom is 0.293 e. The van der Waals surface area contributed by atoms with Crippen LogP contribution in [0, 0.1) is 0 Å². The van der Waals surface area contributed by atoms with Gasteiger partial charge in [0.05, 0.1) is 24.0 Å². The maximum atomic E-state index is 12.8. The lowest BCUT2D eigenvalue weighted by atomic mass is 10.1. The van der Waals surface area contributed by atoms with E-state index in [9.17, 15) is 19.8 Å². The summed E-state index contributed by atoms with van der Waals surface area (Å²) in [6.45, 7) is -0.0607. The van der Waals surface area contributed by atoms with Gasteiger partial charge in [0, 0.05) is 17.3 Å². The van der Waals surface area contributed by atoms with Gasteiger partial charge in [-0.05, 0) is 34.6 Å². The number of para-hydroxylation sites is 1. The molecular weight excluding hydrogens is 460 g/mol. The molecule has 15 nitrogen and oxygen atoms in total. The second-order valence-electron chi connectivity index (χ2n) is 6.98. The topological polar surface area (TPSA) is 233 Å². The van der Waals surface area contributed by atoms with Gasteiger partial charge in [0.1, 0.15) is 11.5 Å². The fourth-order valence-corrected chi connectivity index (χ4v) is 3.03. The van der Waals surface area contributed by atoms with Crippen LogP contribution >= 0.6 is 0 Å². The molecule has 4 aromatic rings. The first-order valence-electron chi connectivity index (χ1n) is 9.86. The minimum absolute atomic E-state index is 0.00551. The molecule has 2 aromatic carbocycles. The summed E-state index contributed by atoms with van der Waals surface area (Å²) in [4.78, 5) is 24.5. The average Bonchev–Trinajstić information content (AvgIpc) is 3.44. The molecule has 4 rings (SSSR count). The number of phenols is 2. The highest BCUT2D eigenvalue weighted by molar-refractivity contribution is 5.98. The van der Waals surface area contributed by atoms with Crippen LogP contribution in [-0.4, -0.2) is 53.5 Å². The van der Waals surface area contributed by atoms with Crippen molar-refractivity contribution in [2.45, 2.75) is 6.54 Å². The number of aromatic hydroxyl groups is 2. The van der Waals surface area contributed by atoms with E-state index in [1.165, 1.54) is 18.3 Å². The molecule has 0 aliphatic rings. The molecule has 0 bridgehead atoms. The van der Waals surface area contributed by atoms with Crippen molar-refractivity contribution in [2.24, 2.45) is 10.8 Å². The zero-order valence-electron chi connectivity index (χ0n) is 17.8. The number of hydrogen-bond acceptors (Lipinski definition) is 12. The Morgan fingerprint density at radius 1 is 1.17 bits per heavy atom. The Hall–Kier alpha value is -5.47. The predicted molar refractivity (Wildman–Crippen MR) is 121 cm³/mol. The summed E-state index contributed by atoms with van der Waals surface area (Å²) in [6, 6.07) is 10.4. The number of nitrogen functional groups attached to an aromatic ring is 1. The molecule has 8 N–H and O–H groups in total. The smallest absolute Gasteiger partial charge is 0.293 e. The monoisotopic (exact) mass is 478 g/mol. The molecule has 2 amide bonds. The summed E-state index contributed by atoms with van der Waals surface area (Å²) < 4.78 is 5.76. The van der Waals surface area contributed by atoms with Gasteiger partial charge in [-0.3, -0.25) is 9.59 Å². The summed E-state index contributed by atoms with van der Waals surface area (Å²) in [5.74, 6) is -1.86. The summed E-state index contributed by atoms with van der Waals surface area (Å²) in [7, 11) is 0. The van der Waals surface area contributed by atoms with Gasteiger partial charge in [-0.25, -0.2) is 10.1 Å². The molecule has 15 heteroatoms. The quantitative estimate of drug-likeness (QED) is 0.147. The Bertz CT molecular complexity index is 1430. The van der Waals surface area contributed by atoms with Crippen LogP contribution in [0.25, 0.3) is 5.82 Å². The number of aromatic nitrogens is 5. The van der Waals surface area contributed by atoms with Crippen molar-refractivity contribution in [3.63, 3.8) is 0 Å². The van der Waals surface area contributed by atoms with Gasteiger partial charge < -0.3 is 27.0 Å². The van der Waals surface area contributed by atoms with E-state index in [0.717, 1.165) is 10.7 Å². The number of nitrogens with one attached hydrogen (secondary N) is 2. The third-order valence-corrected chi connectivity index (χ3v) is 4.70. The number of anilines is 2. The van der Waals surface area contributed by atoms with Gasteiger partial charge in [-0.1, -0.05) is 17.3 Å². The maximum absolute atomic E-state index is 12.8. The number of carbonyl (C=O) groups is 2. The number of hydrazone groups is 1. The van der Waals surface area contributed by atoms with Crippen molar-refractivity contribution in [1.29, 1.82) is 0 Å². The molecule has 0 fully saturated rings. The Balaban J connectivity index is 1.61. The van der Waals surface area contributed by atoms with Crippen molar-refractivity contribution < 1.29 is 24.4 Å². The van der Waals surface area contributed by atoms with E-state index in [2.05, 4.69) is 41.1 Å². The Labute approximate surface area is 196 Å². The van der Waals surface area contributed by atoms with E-state index < -0.39 is 11.8 Å². The lowest BCUT2D eigenvalue weighted by Crippen LogP contribution is -2.22. The van der Waals surface area contributed by atoms with Crippen molar-refractivity contribution in [3.05, 3.63) is 65.0 Å². The van der Waals surface area contributed by atoms with Gasteiger partial charge in [-0.15, -0.1) is 5.10 Å². The third-order valence-electron chi connectivity index (χ3n) is 4.70. The number of carbonyl (C=O) groups excluding carboxylic acids is 2. The summed E-state index contributed by atoms with van der Waals surface area (Å²) >= 11 is 0. The standard InChI is InChI=1S/C20H18N10O5/c21-17-19(28-35-27-17)30-14(9-23-13-4-2-1-3-12(13)18(22)33)16(25-29-30)20(34)26-24-8-10-5-6-11(31)7-15(10)32/h1-8,23,31-32H,9H2,(H2,21,27)(H2,22,33)(H,26,34). The molecule has 0 saturated carbocycles. The van der Waals surface area contributed by atoms with Crippen LogP contribution in [0.3, 0.4) is 0 Å². The van der Waals surface area contributed by atoms with Crippen LogP contribution in [-0.2, 0) is 6.54 Å². The van der Waals surface area contributed by atoms with Crippen LogP contribution in [0.5, 0.6) is 11.5 Å². The number of hydrogen-bond donors (Lipinski definition) is 6. The first kappa shape index (κ1) is 22.7. The fraction of sp³-hybridized carbons (Fsp3) is 0.0500. The Morgan fingerprint density at radius 2 is 1.97 bits per heavy atom. The highest BCUT2D eigenvalue weighted by Crippen LogP contribution is 2.21. The van der Waals surface area contributed by atoms with E-state index in [0.29, 0.717) is 5.69 Å². The van der Waals surface area contributed by atoms with Crippen LogP contribution in [0.15, 0.2) is 52.2 Å². The Morgan fingerprint density at radius 3 is 2.69 bits per heavy atom. The van der Waals surface area contributed by atoms with Gasteiger partial charge in [0.25, 0.3) is 11.8 Å². The lowest BCUT2D eigenvalue weighted by molar-refractivity contribution is 0.0947. The first-order valence-corrected chi connectivity index (χ1v) is 9.86. The second kappa shape index (κ2) is 9.57. The normalized spacial score (nSPS) is 11.0. The Kier molecular flexibility index (Phi) is 6.21. The van der Waals surface area contributed by atoms with E-state index >= 15 is 0 Å². The SMILES string of the molecule is NC(=O)c1ccccc1NCc1c(C(=O)NN=Cc2ccc(O)cc2O)nnn1-c1nonc1N. The van der Waals surface area contributed by atoms with Crippen LogP contribution in [0.1, 0.15) is 32.1 Å². The zero-order valence-corrected chi connectivity index (χ0v) is 17.8. The molecule has 0 aliphatic carbocycles. The van der Waals surface area contributed by atoms with Gasteiger partial charge in [-0.2, -0.15) is 9.78 Å². The highest BCUT2D eigenvalue weighted by atomic mass is 16.6.